The minimum absolute atomic E-state index is 0.0132. The van der Waals surface area contributed by atoms with Crippen molar-refractivity contribution in [1.82, 2.24) is 15.2 Å². The minimum Gasteiger partial charge on any atom is -0.352 e. The number of hydrogen-bond donors (Lipinski definition) is 2. The lowest BCUT2D eigenvalue weighted by Crippen LogP contribution is -2.37. The number of halogens is 3. The normalized spacial score (nSPS) is 13.4. The molecule has 2 amide bonds. The standard InChI is InChI=1S/C24H23F3N4O2S/c25-24(26,27)17-6-4-5-16(13-17)14-28-21(32)11-12-31(19-9-10-19)22(33)20-15-34-23(30-20)29-18-7-2-1-3-8-18/h1-8,13,15,19H,9-12,14H2,(H,28,32)(H,29,30). The van der Waals surface area contributed by atoms with Gasteiger partial charge in [0.05, 0.1) is 5.56 Å². The van der Waals surface area contributed by atoms with Gasteiger partial charge in [0, 0.05) is 36.6 Å². The number of hydrogen-bond acceptors (Lipinski definition) is 5. The number of amides is 2. The van der Waals surface area contributed by atoms with Gasteiger partial charge in [0.15, 0.2) is 5.13 Å². The number of alkyl halides is 3. The van der Waals surface area contributed by atoms with Gasteiger partial charge in [-0.05, 0) is 42.7 Å². The highest BCUT2D eigenvalue weighted by atomic mass is 32.1. The highest BCUT2D eigenvalue weighted by molar-refractivity contribution is 7.14. The number of rotatable bonds is 9. The predicted octanol–water partition coefficient (Wildman–Crippen LogP) is 5.22. The van der Waals surface area contributed by atoms with Crippen LogP contribution >= 0.6 is 11.3 Å². The summed E-state index contributed by atoms with van der Waals surface area (Å²) in [4.78, 5) is 31.4. The monoisotopic (exact) mass is 488 g/mol. The van der Waals surface area contributed by atoms with Crippen LogP contribution in [0.2, 0.25) is 0 Å². The first kappa shape index (κ1) is 23.7. The third kappa shape index (κ3) is 6.34. The SMILES string of the molecule is O=C(CCN(C(=O)c1csc(Nc2ccccc2)n1)C1CC1)NCc1cccc(C(F)(F)F)c1. The Balaban J connectivity index is 1.31. The fraction of sp³-hybridized carbons (Fsp3) is 0.292. The van der Waals surface area contributed by atoms with E-state index >= 15 is 0 Å². The summed E-state index contributed by atoms with van der Waals surface area (Å²) < 4.78 is 38.6. The number of thiazole rings is 1. The van der Waals surface area contributed by atoms with Crippen molar-refractivity contribution in [2.45, 2.75) is 38.0 Å². The van der Waals surface area contributed by atoms with Gasteiger partial charge in [-0.3, -0.25) is 9.59 Å². The summed E-state index contributed by atoms with van der Waals surface area (Å²) in [7, 11) is 0. The Morgan fingerprint density at radius 1 is 1.09 bits per heavy atom. The summed E-state index contributed by atoms with van der Waals surface area (Å²) in [6.07, 6.45) is -2.63. The number of carbonyl (C=O) groups excluding carboxylic acids is 2. The van der Waals surface area contributed by atoms with Crippen LogP contribution in [0.3, 0.4) is 0 Å². The van der Waals surface area contributed by atoms with E-state index in [0.29, 0.717) is 16.4 Å². The Kier molecular flexibility index (Phi) is 7.16. The molecule has 34 heavy (non-hydrogen) atoms. The predicted molar refractivity (Wildman–Crippen MR) is 124 cm³/mol. The number of anilines is 2. The molecule has 2 N–H and O–H groups in total. The molecule has 0 atom stereocenters. The highest BCUT2D eigenvalue weighted by Gasteiger charge is 2.34. The maximum atomic E-state index is 13.0. The molecule has 3 aromatic rings. The fourth-order valence-corrected chi connectivity index (χ4v) is 4.13. The van der Waals surface area contributed by atoms with Gasteiger partial charge < -0.3 is 15.5 Å². The molecule has 0 spiro atoms. The largest absolute Gasteiger partial charge is 0.416 e. The maximum absolute atomic E-state index is 13.0. The van der Waals surface area contributed by atoms with Crippen LogP contribution in [0.15, 0.2) is 60.0 Å². The molecule has 1 saturated carbocycles. The van der Waals surface area contributed by atoms with Gasteiger partial charge in [0.25, 0.3) is 5.91 Å². The number of carbonyl (C=O) groups is 2. The molecule has 0 aliphatic heterocycles. The van der Waals surface area contributed by atoms with Crippen LogP contribution < -0.4 is 10.6 Å². The number of nitrogens with zero attached hydrogens (tertiary/aromatic N) is 2. The van der Waals surface area contributed by atoms with E-state index in [0.717, 1.165) is 30.7 Å². The van der Waals surface area contributed by atoms with Gasteiger partial charge in [0.1, 0.15) is 5.69 Å². The summed E-state index contributed by atoms with van der Waals surface area (Å²) in [5, 5.41) is 8.09. The van der Waals surface area contributed by atoms with Crippen molar-refractivity contribution in [3.05, 3.63) is 76.8 Å². The van der Waals surface area contributed by atoms with Crippen LogP contribution in [0.25, 0.3) is 0 Å². The lowest BCUT2D eigenvalue weighted by molar-refractivity contribution is -0.137. The van der Waals surface area contributed by atoms with E-state index in [1.807, 2.05) is 30.3 Å². The molecule has 1 aliphatic carbocycles. The zero-order chi connectivity index (χ0) is 24.1. The first-order valence-corrected chi connectivity index (χ1v) is 11.7. The van der Waals surface area contributed by atoms with Gasteiger partial charge >= 0.3 is 6.18 Å². The molecule has 0 unspecified atom stereocenters. The maximum Gasteiger partial charge on any atom is 0.416 e. The molecule has 10 heteroatoms. The molecule has 0 saturated heterocycles. The first-order chi connectivity index (χ1) is 16.3. The molecule has 0 radical (unpaired) electrons. The molecule has 0 bridgehead atoms. The second-order valence-corrected chi connectivity index (χ2v) is 8.84. The second kappa shape index (κ2) is 10.3. The molecule has 4 rings (SSSR count). The molecular formula is C24H23F3N4O2S. The van der Waals surface area contributed by atoms with E-state index in [9.17, 15) is 22.8 Å². The van der Waals surface area contributed by atoms with Gasteiger partial charge in [0.2, 0.25) is 5.91 Å². The zero-order valence-electron chi connectivity index (χ0n) is 18.1. The molecule has 1 aromatic heterocycles. The highest BCUT2D eigenvalue weighted by Crippen LogP contribution is 2.30. The van der Waals surface area contributed by atoms with E-state index in [1.54, 1.807) is 10.3 Å². The van der Waals surface area contributed by atoms with Crippen molar-refractivity contribution in [3.8, 4) is 0 Å². The third-order valence-electron chi connectivity index (χ3n) is 5.32. The fourth-order valence-electron chi connectivity index (χ4n) is 3.43. The van der Waals surface area contributed by atoms with Crippen LogP contribution in [0.1, 0.15) is 40.9 Å². The number of aromatic nitrogens is 1. The summed E-state index contributed by atoms with van der Waals surface area (Å²) in [5.74, 6) is -0.564. The van der Waals surface area contributed by atoms with E-state index in [4.69, 9.17) is 0 Å². The van der Waals surface area contributed by atoms with Crippen LogP contribution in [0.4, 0.5) is 24.0 Å². The van der Waals surface area contributed by atoms with Crippen LogP contribution in [0, 0.1) is 0 Å². The van der Waals surface area contributed by atoms with E-state index in [2.05, 4.69) is 15.6 Å². The summed E-state index contributed by atoms with van der Waals surface area (Å²) in [6.45, 7) is 0.206. The molecule has 1 aliphatic rings. The number of nitrogens with one attached hydrogen (secondary N) is 2. The molecule has 1 heterocycles. The van der Waals surface area contributed by atoms with E-state index in [-0.39, 0.29) is 37.4 Å². The topological polar surface area (TPSA) is 74.3 Å². The van der Waals surface area contributed by atoms with E-state index in [1.165, 1.54) is 23.5 Å². The lowest BCUT2D eigenvalue weighted by Gasteiger charge is -2.21. The quantitative estimate of drug-likeness (QED) is 0.433. The number of benzene rings is 2. The Bertz CT molecular complexity index is 1150. The Morgan fingerprint density at radius 3 is 2.56 bits per heavy atom. The molecule has 1 fully saturated rings. The molecular weight excluding hydrogens is 465 g/mol. The Hall–Kier alpha value is -3.40. The van der Waals surface area contributed by atoms with Crippen molar-refractivity contribution >= 4 is 34.0 Å². The minimum atomic E-state index is -4.43. The van der Waals surface area contributed by atoms with Crippen molar-refractivity contribution in [2.75, 3.05) is 11.9 Å². The van der Waals surface area contributed by atoms with Crippen LogP contribution in [-0.2, 0) is 17.5 Å². The molecule has 6 nitrogen and oxygen atoms in total. The van der Waals surface area contributed by atoms with Crippen molar-refractivity contribution in [1.29, 1.82) is 0 Å². The van der Waals surface area contributed by atoms with Gasteiger partial charge in [-0.2, -0.15) is 13.2 Å². The Morgan fingerprint density at radius 2 is 1.85 bits per heavy atom. The average molecular weight is 489 g/mol. The summed E-state index contributed by atoms with van der Waals surface area (Å²) in [6, 6.07) is 14.4. The van der Waals surface area contributed by atoms with Gasteiger partial charge in [-0.25, -0.2) is 4.98 Å². The molecule has 2 aromatic carbocycles. The molecule has 178 valence electrons. The second-order valence-electron chi connectivity index (χ2n) is 7.98. The van der Waals surface area contributed by atoms with Gasteiger partial charge in [-0.1, -0.05) is 30.3 Å². The first-order valence-electron chi connectivity index (χ1n) is 10.8. The average Bonchev–Trinajstić information content (AvgIpc) is 3.55. The van der Waals surface area contributed by atoms with E-state index < -0.39 is 11.7 Å². The van der Waals surface area contributed by atoms with Crippen molar-refractivity contribution < 1.29 is 22.8 Å². The van der Waals surface area contributed by atoms with Crippen molar-refractivity contribution in [3.63, 3.8) is 0 Å². The smallest absolute Gasteiger partial charge is 0.352 e. The Labute approximate surface area is 198 Å². The summed E-state index contributed by atoms with van der Waals surface area (Å²) in [5.41, 5.74) is 0.792. The van der Waals surface area contributed by atoms with Gasteiger partial charge in [-0.15, -0.1) is 11.3 Å². The zero-order valence-corrected chi connectivity index (χ0v) is 19.0. The van der Waals surface area contributed by atoms with Crippen LogP contribution in [-0.4, -0.2) is 34.3 Å². The summed E-state index contributed by atoms with van der Waals surface area (Å²) >= 11 is 1.33. The lowest BCUT2D eigenvalue weighted by atomic mass is 10.1. The number of para-hydroxylation sites is 1. The van der Waals surface area contributed by atoms with Crippen LogP contribution in [0.5, 0.6) is 0 Å². The van der Waals surface area contributed by atoms with Crippen molar-refractivity contribution in [2.24, 2.45) is 0 Å². The third-order valence-corrected chi connectivity index (χ3v) is 6.08.